The van der Waals surface area contributed by atoms with Crippen LogP contribution >= 0.6 is 27.3 Å². The maximum Gasteiger partial charge on any atom is 0.277 e. The number of hydrogen-bond acceptors (Lipinski definition) is 5. The first-order chi connectivity index (χ1) is 10.6. The highest BCUT2D eigenvalue weighted by molar-refractivity contribution is 9.10. The molecule has 1 amide bonds. The quantitative estimate of drug-likeness (QED) is 0.754. The molecule has 3 rings (SSSR count). The van der Waals surface area contributed by atoms with Gasteiger partial charge in [0.25, 0.3) is 5.91 Å². The smallest absolute Gasteiger partial charge is 0.277 e. The van der Waals surface area contributed by atoms with E-state index in [-0.39, 0.29) is 11.6 Å². The number of amides is 1. The normalized spacial score (nSPS) is 10.5. The number of aryl methyl sites for hydroxylation is 1. The molecule has 0 unspecified atom stereocenters. The molecular weight excluding hydrogens is 364 g/mol. The van der Waals surface area contributed by atoms with Gasteiger partial charge in [-0.3, -0.25) is 15.1 Å². The van der Waals surface area contributed by atoms with Gasteiger partial charge in [0, 0.05) is 21.6 Å². The second-order valence-electron chi connectivity index (χ2n) is 4.54. The van der Waals surface area contributed by atoms with Crippen molar-refractivity contribution in [3.05, 3.63) is 57.9 Å². The SMILES string of the molecule is Cc1cnc(C(=O)Nc2nc(-c3ccc(Br)cc3)cs2)cn1. The summed E-state index contributed by atoms with van der Waals surface area (Å²) in [6, 6.07) is 7.84. The summed E-state index contributed by atoms with van der Waals surface area (Å²) in [6.07, 6.45) is 3.01. The van der Waals surface area contributed by atoms with Gasteiger partial charge in [-0.2, -0.15) is 0 Å². The number of hydrogen-bond donors (Lipinski definition) is 1. The molecule has 2 heterocycles. The Bertz CT molecular complexity index is 799. The number of thiazole rings is 1. The van der Waals surface area contributed by atoms with E-state index in [9.17, 15) is 4.79 Å². The van der Waals surface area contributed by atoms with Crippen molar-refractivity contribution in [3.63, 3.8) is 0 Å². The van der Waals surface area contributed by atoms with Crippen molar-refractivity contribution in [2.75, 3.05) is 5.32 Å². The lowest BCUT2D eigenvalue weighted by molar-refractivity contribution is 0.102. The first kappa shape index (κ1) is 14.8. The molecule has 0 bridgehead atoms. The van der Waals surface area contributed by atoms with E-state index in [4.69, 9.17) is 0 Å². The van der Waals surface area contributed by atoms with Crippen molar-refractivity contribution in [1.82, 2.24) is 15.0 Å². The predicted octanol–water partition coefficient (Wildman–Crippen LogP) is 3.92. The maximum absolute atomic E-state index is 12.1. The Morgan fingerprint density at radius 2 is 1.95 bits per heavy atom. The first-order valence-electron chi connectivity index (χ1n) is 6.43. The van der Waals surface area contributed by atoms with Crippen molar-refractivity contribution >= 4 is 38.3 Å². The topological polar surface area (TPSA) is 67.8 Å². The molecule has 110 valence electrons. The van der Waals surface area contributed by atoms with Crippen LogP contribution in [0.25, 0.3) is 11.3 Å². The van der Waals surface area contributed by atoms with Crippen LogP contribution in [-0.4, -0.2) is 20.9 Å². The number of rotatable bonds is 3. The zero-order chi connectivity index (χ0) is 15.5. The summed E-state index contributed by atoms with van der Waals surface area (Å²) >= 11 is 4.77. The number of carbonyl (C=O) groups is 1. The monoisotopic (exact) mass is 374 g/mol. The van der Waals surface area contributed by atoms with Gasteiger partial charge in [-0.05, 0) is 19.1 Å². The molecule has 1 aromatic carbocycles. The van der Waals surface area contributed by atoms with Gasteiger partial charge < -0.3 is 0 Å². The summed E-state index contributed by atoms with van der Waals surface area (Å²) in [5, 5.41) is 5.17. The molecular formula is C15H11BrN4OS. The molecule has 0 saturated heterocycles. The summed E-state index contributed by atoms with van der Waals surface area (Å²) < 4.78 is 1.01. The molecule has 0 aliphatic heterocycles. The van der Waals surface area contributed by atoms with Crippen molar-refractivity contribution < 1.29 is 4.79 Å². The first-order valence-corrected chi connectivity index (χ1v) is 8.10. The van der Waals surface area contributed by atoms with Gasteiger partial charge in [0.1, 0.15) is 5.69 Å². The standard InChI is InChI=1S/C15H11BrN4OS/c1-9-6-18-12(7-17-9)14(21)20-15-19-13(8-22-15)10-2-4-11(16)5-3-10/h2-8H,1H3,(H,19,20,21). The fourth-order valence-electron chi connectivity index (χ4n) is 1.76. The van der Waals surface area contributed by atoms with Crippen LogP contribution in [0.4, 0.5) is 5.13 Å². The van der Waals surface area contributed by atoms with Crippen LogP contribution in [0.1, 0.15) is 16.2 Å². The Morgan fingerprint density at radius 3 is 2.64 bits per heavy atom. The number of anilines is 1. The van der Waals surface area contributed by atoms with Gasteiger partial charge in [-0.15, -0.1) is 11.3 Å². The highest BCUT2D eigenvalue weighted by atomic mass is 79.9. The molecule has 0 aliphatic rings. The zero-order valence-corrected chi connectivity index (χ0v) is 14.0. The van der Waals surface area contributed by atoms with Crippen LogP contribution in [0.3, 0.4) is 0 Å². The van der Waals surface area contributed by atoms with Gasteiger partial charge in [-0.1, -0.05) is 28.1 Å². The minimum absolute atomic E-state index is 0.269. The molecule has 1 N–H and O–H groups in total. The van der Waals surface area contributed by atoms with Gasteiger partial charge in [0.15, 0.2) is 5.13 Å². The van der Waals surface area contributed by atoms with Crippen molar-refractivity contribution in [1.29, 1.82) is 0 Å². The largest absolute Gasteiger partial charge is 0.296 e. The molecule has 22 heavy (non-hydrogen) atoms. The lowest BCUT2D eigenvalue weighted by Crippen LogP contribution is -2.13. The molecule has 0 atom stereocenters. The van der Waals surface area contributed by atoms with Crippen LogP contribution in [0.15, 0.2) is 46.5 Å². The number of halogens is 1. The van der Waals surface area contributed by atoms with Crippen LogP contribution in [0, 0.1) is 6.92 Å². The molecule has 0 radical (unpaired) electrons. The second-order valence-corrected chi connectivity index (χ2v) is 6.32. The average Bonchev–Trinajstić information content (AvgIpc) is 2.97. The predicted molar refractivity (Wildman–Crippen MR) is 90.0 cm³/mol. The maximum atomic E-state index is 12.1. The Morgan fingerprint density at radius 1 is 1.18 bits per heavy atom. The Labute approximate surface area is 139 Å². The van der Waals surface area contributed by atoms with Crippen molar-refractivity contribution in [2.45, 2.75) is 6.92 Å². The summed E-state index contributed by atoms with van der Waals surface area (Å²) in [5.74, 6) is -0.316. The average molecular weight is 375 g/mol. The van der Waals surface area contributed by atoms with E-state index < -0.39 is 0 Å². The van der Waals surface area contributed by atoms with E-state index in [1.54, 1.807) is 6.20 Å². The van der Waals surface area contributed by atoms with Crippen LogP contribution < -0.4 is 5.32 Å². The molecule has 7 heteroatoms. The zero-order valence-electron chi connectivity index (χ0n) is 11.6. The highest BCUT2D eigenvalue weighted by Crippen LogP contribution is 2.26. The molecule has 0 fully saturated rings. The molecule has 2 aromatic heterocycles. The van der Waals surface area contributed by atoms with E-state index in [0.717, 1.165) is 21.4 Å². The van der Waals surface area contributed by atoms with Crippen molar-refractivity contribution in [2.24, 2.45) is 0 Å². The van der Waals surface area contributed by atoms with E-state index in [1.807, 2.05) is 36.6 Å². The van der Waals surface area contributed by atoms with Crippen LogP contribution in [-0.2, 0) is 0 Å². The summed E-state index contributed by atoms with van der Waals surface area (Å²) in [6.45, 7) is 1.82. The number of benzene rings is 1. The van der Waals surface area contributed by atoms with Gasteiger partial charge in [0.05, 0.1) is 17.6 Å². The molecule has 0 saturated carbocycles. The Kier molecular flexibility index (Phi) is 4.26. The van der Waals surface area contributed by atoms with E-state index >= 15 is 0 Å². The van der Waals surface area contributed by atoms with Crippen LogP contribution in [0.2, 0.25) is 0 Å². The Hall–Kier alpha value is -2.12. The Balaban J connectivity index is 1.75. The van der Waals surface area contributed by atoms with E-state index in [0.29, 0.717) is 5.13 Å². The minimum atomic E-state index is -0.316. The van der Waals surface area contributed by atoms with E-state index in [1.165, 1.54) is 17.5 Å². The van der Waals surface area contributed by atoms with E-state index in [2.05, 4.69) is 36.2 Å². The number of nitrogens with zero attached hydrogens (tertiary/aromatic N) is 3. The minimum Gasteiger partial charge on any atom is -0.296 e. The number of nitrogens with one attached hydrogen (secondary N) is 1. The lowest BCUT2D eigenvalue weighted by Gasteiger charge is -2.00. The lowest BCUT2D eigenvalue weighted by atomic mass is 10.2. The van der Waals surface area contributed by atoms with Gasteiger partial charge in [0.2, 0.25) is 0 Å². The second kappa shape index (κ2) is 6.33. The van der Waals surface area contributed by atoms with Crippen molar-refractivity contribution in [3.8, 4) is 11.3 Å². The third kappa shape index (κ3) is 3.37. The summed E-state index contributed by atoms with van der Waals surface area (Å²) in [5.41, 5.74) is 2.85. The molecule has 5 nitrogen and oxygen atoms in total. The molecule has 3 aromatic rings. The third-order valence-corrected chi connectivity index (χ3v) is 4.16. The summed E-state index contributed by atoms with van der Waals surface area (Å²) in [7, 11) is 0. The fraction of sp³-hybridized carbons (Fsp3) is 0.0667. The molecule has 0 spiro atoms. The van der Waals surface area contributed by atoms with Gasteiger partial charge in [-0.25, -0.2) is 9.97 Å². The van der Waals surface area contributed by atoms with Gasteiger partial charge >= 0.3 is 0 Å². The molecule has 0 aliphatic carbocycles. The third-order valence-electron chi connectivity index (χ3n) is 2.88. The number of aromatic nitrogens is 3. The highest BCUT2D eigenvalue weighted by Gasteiger charge is 2.11. The number of carbonyl (C=O) groups excluding carboxylic acids is 1. The summed E-state index contributed by atoms with van der Waals surface area (Å²) in [4.78, 5) is 24.6. The fourth-order valence-corrected chi connectivity index (χ4v) is 2.73. The van der Waals surface area contributed by atoms with Crippen LogP contribution in [0.5, 0.6) is 0 Å².